The van der Waals surface area contributed by atoms with Gasteiger partial charge in [-0.15, -0.1) is 0 Å². The number of anilines is 1. The first-order valence-corrected chi connectivity index (χ1v) is 7.96. The van der Waals surface area contributed by atoms with Crippen LogP contribution in [0.3, 0.4) is 0 Å². The lowest BCUT2D eigenvalue weighted by molar-refractivity contribution is -0.139. The Balaban J connectivity index is 1.74. The molecular formula is C15H16Cl2N2O3. The zero-order valence-corrected chi connectivity index (χ0v) is 13.3. The molecule has 2 heterocycles. The van der Waals surface area contributed by atoms with Crippen LogP contribution in [-0.2, 0) is 9.59 Å². The number of likely N-dealkylation sites (tertiary alicyclic amines) is 1. The molecule has 0 spiro atoms. The first-order chi connectivity index (χ1) is 10.5. The molecule has 0 aliphatic carbocycles. The van der Waals surface area contributed by atoms with Gasteiger partial charge in [0.1, 0.15) is 5.92 Å². The summed E-state index contributed by atoms with van der Waals surface area (Å²) in [6, 6.07) is 4.99. The van der Waals surface area contributed by atoms with Gasteiger partial charge in [0.25, 0.3) is 0 Å². The van der Waals surface area contributed by atoms with Crippen molar-refractivity contribution >= 4 is 40.7 Å². The summed E-state index contributed by atoms with van der Waals surface area (Å²) in [4.78, 5) is 28.1. The molecule has 2 amide bonds. The molecule has 1 N–H and O–H groups in total. The second-order valence-electron chi connectivity index (χ2n) is 5.66. The van der Waals surface area contributed by atoms with Gasteiger partial charge in [-0.05, 0) is 31.0 Å². The van der Waals surface area contributed by atoms with E-state index in [1.54, 1.807) is 28.0 Å². The highest BCUT2D eigenvalue weighted by molar-refractivity contribution is 6.42. The molecular weight excluding hydrogens is 327 g/mol. The molecule has 1 unspecified atom stereocenters. The summed E-state index contributed by atoms with van der Waals surface area (Å²) in [5.41, 5.74) is 0.649. The molecule has 3 rings (SSSR count). The van der Waals surface area contributed by atoms with Crippen LogP contribution in [0.15, 0.2) is 18.2 Å². The molecule has 2 atom stereocenters. The second kappa shape index (κ2) is 6.07. The Morgan fingerprint density at radius 3 is 2.59 bits per heavy atom. The number of aliphatic hydroxyl groups is 1. The number of hydrogen-bond acceptors (Lipinski definition) is 3. The highest BCUT2D eigenvalue weighted by atomic mass is 35.5. The van der Waals surface area contributed by atoms with Crippen LogP contribution in [-0.4, -0.2) is 47.6 Å². The third kappa shape index (κ3) is 2.81. The van der Waals surface area contributed by atoms with E-state index in [9.17, 15) is 14.7 Å². The first kappa shape index (κ1) is 15.6. The quantitative estimate of drug-likeness (QED) is 0.835. The monoisotopic (exact) mass is 342 g/mol. The Morgan fingerprint density at radius 1 is 1.18 bits per heavy atom. The fourth-order valence-corrected chi connectivity index (χ4v) is 3.27. The van der Waals surface area contributed by atoms with E-state index < -0.39 is 12.0 Å². The smallest absolute Gasteiger partial charge is 0.239 e. The number of carbonyl (C=O) groups is 2. The molecule has 5 nitrogen and oxygen atoms in total. The minimum Gasteiger partial charge on any atom is -0.391 e. The summed E-state index contributed by atoms with van der Waals surface area (Å²) in [6.07, 6.45) is 0.569. The van der Waals surface area contributed by atoms with Crippen molar-refractivity contribution in [1.29, 1.82) is 0 Å². The number of amides is 2. The molecule has 0 aromatic heterocycles. The van der Waals surface area contributed by atoms with Crippen molar-refractivity contribution in [2.24, 2.45) is 5.92 Å². The van der Waals surface area contributed by atoms with Gasteiger partial charge in [0, 0.05) is 25.3 Å². The van der Waals surface area contributed by atoms with Gasteiger partial charge in [0.2, 0.25) is 11.8 Å². The molecule has 1 aromatic carbocycles. The maximum Gasteiger partial charge on any atom is 0.239 e. The summed E-state index contributed by atoms with van der Waals surface area (Å²) >= 11 is 11.9. The average molecular weight is 343 g/mol. The van der Waals surface area contributed by atoms with E-state index in [4.69, 9.17) is 23.2 Å². The van der Waals surface area contributed by atoms with Crippen molar-refractivity contribution in [3.63, 3.8) is 0 Å². The van der Waals surface area contributed by atoms with Gasteiger partial charge in [-0.25, -0.2) is 0 Å². The molecule has 0 bridgehead atoms. The Morgan fingerprint density at radius 2 is 1.95 bits per heavy atom. The summed E-state index contributed by atoms with van der Waals surface area (Å²) in [7, 11) is 0. The standard InChI is InChI=1S/C15H16Cl2N2O3/c16-12-2-1-9(7-13(12)17)19-6-4-11(15(19)22)14(21)18-5-3-10(20)8-18/h1-2,7,10-11,20H,3-6,8H2/t10-,11?/m0/s1. The van der Waals surface area contributed by atoms with Gasteiger partial charge < -0.3 is 14.9 Å². The lowest BCUT2D eigenvalue weighted by atomic mass is 10.1. The Hall–Kier alpha value is -1.30. The summed E-state index contributed by atoms with van der Waals surface area (Å²) in [5.74, 6) is -1.08. The number of nitrogens with zero attached hydrogens (tertiary/aromatic N) is 2. The van der Waals surface area contributed by atoms with Crippen LogP contribution in [0, 0.1) is 5.92 Å². The van der Waals surface area contributed by atoms with Crippen LogP contribution in [0.5, 0.6) is 0 Å². The number of hydrogen-bond donors (Lipinski definition) is 1. The van der Waals surface area contributed by atoms with Crippen LogP contribution in [0.2, 0.25) is 10.0 Å². The Labute approximate surface area is 138 Å². The number of benzene rings is 1. The molecule has 2 aliphatic heterocycles. The van der Waals surface area contributed by atoms with E-state index in [-0.39, 0.29) is 11.8 Å². The van der Waals surface area contributed by atoms with Crippen molar-refractivity contribution in [1.82, 2.24) is 4.90 Å². The zero-order chi connectivity index (χ0) is 15.9. The predicted molar refractivity (Wildman–Crippen MR) is 84.1 cm³/mol. The molecule has 0 radical (unpaired) electrons. The SMILES string of the molecule is O=C(C1CCN(c2ccc(Cl)c(Cl)c2)C1=O)N1CC[C@H](O)C1. The lowest BCUT2D eigenvalue weighted by Gasteiger charge is -2.20. The van der Waals surface area contributed by atoms with E-state index in [2.05, 4.69) is 0 Å². The van der Waals surface area contributed by atoms with Gasteiger partial charge in [-0.2, -0.15) is 0 Å². The highest BCUT2D eigenvalue weighted by Crippen LogP contribution is 2.32. The summed E-state index contributed by atoms with van der Waals surface area (Å²) in [5, 5.41) is 10.3. The molecule has 118 valence electrons. The van der Waals surface area contributed by atoms with E-state index in [0.717, 1.165) is 0 Å². The number of rotatable bonds is 2. The molecule has 2 saturated heterocycles. The zero-order valence-electron chi connectivity index (χ0n) is 11.8. The van der Waals surface area contributed by atoms with Crippen molar-refractivity contribution in [2.75, 3.05) is 24.5 Å². The minimum absolute atomic E-state index is 0.191. The number of aliphatic hydroxyl groups excluding tert-OH is 1. The topological polar surface area (TPSA) is 60.9 Å². The van der Waals surface area contributed by atoms with Crippen molar-refractivity contribution in [3.8, 4) is 0 Å². The normalized spacial score (nSPS) is 25.1. The van der Waals surface area contributed by atoms with E-state index >= 15 is 0 Å². The van der Waals surface area contributed by atoms with Crippen molar-refractivity contribution < 1.29 is 14.7 Å². The second-order valence-corrected chi connectivity index (χ2v) is 6.47. The van der Waals surface area contributed by atoms with Crippen LogP contribution < -0.4 is 4.90 Å². The summed E-state index contributed by atoms with van der Waals surface area (Å²) in [6.45, 7) is 1.30. The van der Waals surface area contributed by atoms with Crippen LogP contribution in [0.25, 0.3) is 0 Å². The van der Waals surface area contributed by atoms with Crippen molar-refractivity contribution in [3.05, 3.63) is 28.2 Å². The number of β-amino-alcohol motifs (C(OH)–C–C–N with tert-alkyl or cyclic N) is 1. The number of halogens is 2. The first-order valence-electron chi connectivity index (χ1n) is 7.20. The Kier molecular flexibility index (Phi) is 4.30. The van der Waals surface area contributed by atoms with Gasteiger partial charge in [0.15, 0.2) is 0 Å². The third-order valence-corrected chi connectivity index (χ3v) is 4.93. The van der Waals surface area contributed by atoms with Gasteiger partial charge in [0.05, 0.1) is 16.1 Å². The maximum absolute atomic E-state index is 12.5. The summed E-state index contributed by atoms with van der Waals surface area (Å²) < 4.78 is 0. The average Bonchev–Trinajstić information content (AvgIpc) is 3.08. The molecule has 7 heteroatoms. The van der Waals surface area contributed by atoms with Crippen LogP contribution in [0.1, 0.15) is 12.8 Å². The molecule has 1 aromatic rings. The van der Waals surface area contributed by atoms with Crippen LogP contribution >= 0.6 is 23.2 Å². The molecule has 2 aliphatic rings. The Bertz CT molecular complexity index is 623. The van der Waals surface area contributed by atoms with Crippen LogP contribution in [0.4, 0.5) is 5.69 Å². The van der Waals surface area contributed by atoms with E-state index in [0.29, 0.717) is 48.2 Å². The highest BCUT2D eigenvalue weighted by Gasteiger charge is 2.41. The molecule has 22 heavy (non-hydrogen) atoms. The van der Waals surface area contributed by atoms with Gasteiger partial charge >= 0.3 is 0 Å². The number of carbonyl (C=O) groups excluding carboxylic acids is 2. The third-order valence-electron chi connectivity index (χ3n) is 4.19. The van der Waals surface area contributed by atoms with Crippen molar-refractivity contribution in [2.45, 2.75) is 18.9 Å². The van der Waals surface area contributed by atoms with Gasteiger partial charge in [-0.3, -0.25) is 9.59 Å². The fraction of sp³-hybridized carbons (Fsp3) is 0.467. The van der Waals surface area contributed by atoms with E-state index in [1.807, 2.05) is 0 Å². The largest absolute Gasteiger partial charge is 0.391 e. The maximum atomic E-state index is 12.5. The van der Waals surface area contributed by atoms with Gasteiger partial charge in [-0.1, -0.05) is 23.2 Å². The minimum atomic E-state index is -0.667. The lowest BCUT2D eigenvalue weighted by Crippen LogP contribution is -2.39. The molecule has 0 saturated carbocycles. The molecule has 2 fully saturated rings. The predicted octanol–water partition coefficient (Wildman–Crippen LogP) is 1.94. The van der Waals surface area contributed by atoms with E-state index in [1.165, 1.54) is 0 Å². The fourth-order valence-electron chi connectivity index (χ4n) is 2.98.